The van der Waals surface area contributed by atoms with Crippen LogP contribution in [0.4, 0.5) is 17.5 Å². The number of rotatable bonds is 5. The van der Waals surface area contributed by atoms with E-state index in [1.807, 2.05) is 6.07 Å². The second-order valence-electron chi connectivity index (χ2n) is 6.29. The first-order chi connectivity index (χ1) is 11.1. The van der Waals surface area contributed by atoms with Crippen LogP contribution >= 0.6 is 11.8 Å². The van der Waals surface area contributed by atoms with E-state index >= 15 is 0 Å². The molecule has 1 aliphatic carbocycles. The zero-order chi connectivity index (χ0) is 16.4. The largest absolute Gasteiger partial charge is 0.368 e. The Bertz CT molecular complexity index is 682. The number of thioether (sulfide) groups is 1. The van der Waals surface area contributed by atoms with Gasteiger partial charge in [-0.1, -0.05) is 6.42 Å². The minimum atomic E-state index is 0.295. The first-order valence-corrected chi connectivity index (χ1v) is 9.38. The van der Waals surface area contributed by atoms with Crippen LogP contribution in [-0.4, -0.2) is 22.3 Å². The Balaban J connectivity index is 2.09. The molecule has 0 radical (unpaired) electrons. The van der Waals surface area contributed by atoms with Crippen LogP contribution in [0.1, 0.15) is 44.6 Å². The molecule has 1 saturated carbocycles. The van der Waals surface area contributed by atoms with Crippen molar-refractivity contribution in [2.75, 3.05) is 16.9 Å². The Morgan fingerprint density at radius 1 is 1.26 bits per heavy atom. The molecule has 0 unspecified atom stereocenters. The minimum Gasteiger partial charge on any atom is -0.368 e. The van der Waals surface area contributed by atoms with Gasteiger partial charge in [-0.05, 0) is 68.7 Å². The smallest absolute Gasteiger partial charge is 0.221 e. The summed E-state index contributed by atoms with van der Waals surface area (Å²) in [7, 11) is 0. The second kappa shape index (κ2) is 6.79. The Morgan fingerprint density at radius 2 is 2.04 bits per heavy atom. The molecule has 1 aromatic carbocycles. The highest BCUT2D eigenvalue weighted by molar-refractivity contribution is 7.98. The van der Waals surface area contributed by atoms with E-state index < -0.39 is 0 Å². The van der Waals surface area contributed by atoms with E-state index in [0.29, 0.717) is 17.9 Å². The van der Waals surface area contributed by atoms with Gasteiger partial charge in [-0.15, -0.1) is 11.8 Å². The lowest BCUT2D eigenvalue weighted by molar-refractivity contribution is 0.419. The summed E-state index contributed by atoms with van der Waals surface area (Å²) in [5.41, 5.74) is 8.49. The first kappa shape index (κ1) is 16.1. The number of hydrogen-bond acceptors (Lipinski definition) is 5. The third kappa shape index (κ3) is 3.29. The second-order valence-corrected chi connectivity index (χ2v) is 7.17. The molecule has 0 spiro atoms. The van der Waals surface area contributed by atoms with Crippen molar-refractivity contribution in [1.29, 1.82) is 0 Å². The van der Waals surface area contributed by atoms with E-state index in [-0.39, 0.29) is 0 Å². The molecule has 1 fully saturated rings. The maximum Gasteiger partial charge on any atom is 0.221 e. The lowest BCUT2D eigenvalue weighted by Crippen LogP contribution is -2.28. The SMILES string of the molecule is CSc1ccc(N(c2ccnc(N)n2)C(C)C)c(C2CCC2)c1. The van der Waals surface area contributed by atoms with Crippen molar-refractivity contribution in [3.05, 3.63) is 36.0 Å². The monoisotopic (exact) mass is 328 g/mol. The van der Waals surface area contributed by atoms with Crippen LogP contribution in [0.2, 0.25) is 0 Å². The van der Waals surface area contributed by atoms with E-state index in [2.05, 4.69) is 53.2 Å². The fraction of sp³-hybridized carbons (Fsp3) is 0.444. The van der Waals surface area contributed by atoms with Crippen molar-refractivity contribution in [3.8, 4) is 0 Å². The number of nitrogens with zero attached hydrogens (tertiary/aromatic N) is 3. The molecule has 4 nitrogen and oxygen atoms in total. The summed E-state index contributed by atoms with van der Waals surface area (Å²) in [6.45, 7) is 4.37. The summed E-state index contributed by atoms with van der Waals surface area (Å²) in [6.07, 6.45) is 7.75. The molecule has 0 amide bonds. The quantitative estimate of drug-likeness (QED) is 0.813. The van der Waals surface area contributed by atoms with Gasteiger partial charge < -0.3 is 10.6 Å². The molecular weight excluding hydrogens is 304 g/mol. The third-order valence-electron chi connectivity index (χ3n) is 4.46. The van der Waals surface area contributed by atoms with E-state index in [9.17, 15) is 0 Å². The molecular formula is C18H24N4S. The predicted molar refractivity (Wildman–Crippen MR) is 98.5 cm³/mol. The molecule has 5 heteroatoms. The minimum absolute atomic E-state index is 0.295. The molecule has 0 saturated heterocycles. The van der Waals surface area contributed by atoms with Crippen LogP contribution in [0, 0.1) is 0 Å². The standard InChI is InChI=1S/C18H24N4S/c1-12(2)22(17-9-10-20-18(19)21-17)16-8-7-14(23-3)11-15(16)13-5-4-6-13/h7-13H,4-6H2,1-3H3,(H2,19,20,21). The molecule has 3 rings (SSSR count). The van der Waals surface area contributed by atoms with Gasteiger partial charge in [0.25, 0.3) is 0 Å². The zero-order valence-electron chi connectivity index (χ0n) is 14.0. The third-order valence-corrected chi connectivity index (χ3v) is 5.19. The van der Waals surface area contributed by atoms with Crippen molar-refractivity contribution >= 4 is 29.2 Å². The van der Waals surface area contributed by atoms with Crippen molar-refractivity contribution in [3.63, 3.8) is 0 Å². The molecule has 0 aliphatic heterocycles. The lowest BCUT2D eigenvalue weighted by atomic mass is 9.79. The highest BCUT2D eigenvalue weighted by Crippen LogP contribution is 2.44. The van der Waals surface area contributed by atoms with Gasteiger partial charge in [-0.25, -0.2) is 4.98 Å². The average molecular weight is 328 g/mol. The first-order valence-electron chi connectivity index (χ1n) is 8.16. The van der Waals surface area contributed by atoms with Crippen LogP contribution in [0.25, 0.3) is 0 Å². The fourth-order valence-corrected chi connectivity index (χ4v) is 3.54. The Labute approximate surface area is 142 Å². The number of nitrogen functional groups attached to an aromatic ring is 1. The summed E-state index contributed by atoms with van der Waals surface area (Å²) in [4.78, 5) is 12.1. The maximum absolute atomic E-state index is 5.80. The number of nitrogens with two attached hydrogens (primary N) is 1. The molecule has 0 atom stereocenters. The van der Waals surface area contributed by atoms with Crippen LogP contribution in [-0.2, 0) is 0 Å². The van der Waals surface area contributed by atoms with Crippen LogP contribution in [0.15, 0.2) is 35.4 Å². The van der Waals surface area contributed by atoms with Crippen LogP contribution < -0.4 is 10.6 Å². The number of hydrogen-bond donors (Lipinski definition) is 1. The van der Waals surface area contributed by atoms with Gasteiger partial charge in [0, 0.05) is 22.8 Å². The summed E-state index contributed by atoms with van der Waals surface area (Å²) < 4.78 is 0. The number of anilines is 3. The topological polar surface area (TPSA) is 55.0 Å². The summed E-state index contributed by atoms with van der Waals surface area (Å²) in [5, 5.41) is 0. The zero-order valence-corrected chi connectivity index (χ0v) is 14.8. The number of aromatic nitrogens is 2. The van der Waals surface area contributed by atoms with Gasteiger partial charge in [-0.3, -0.25) is 0 Å². The normalized spacial score (nSPS) is 14.8. The Morgan fingerprint density at radius 3 is 2.61 bits per heavy atom. The van der Waals surface area contributed by atoms with Crippen LogP contribution in [0.3, 0.4) is 0 Å². The van der Waals surface area contributed by atoms with E-state index in [4.69, 9.17) is 5.73 Å². The summed E-state index contributed by atoms with van der Waals surface area (Å²) in [6, 6.07) is 9.01. The molecule has 1 aliphatic rings. The fourth-order valence-electron chi connectivity index (χ4n) is 3.09. The maximum atomic E-state index is 5.80. The molecule has 23 heavy (non-hydrogen) atoms. The van der Waals surface area contributed by atoms with Crippen LogP contribution in [0.5, 0.6) is 0 Å². The van der Waals surface area contributed by atoms with Crippen molar-refractivity contribution in [2.45, 2.75) is 50.0 Å². The van der Waals surface area contributed by atoms with Gasteiger partial charge >= 0.3 is 0 Å². The van der Waals surface area contributed by atoms with Gasteiger partial charge in [0.15, 0.2) is 0 Å². The van der Waals surface area contributed by atoms with Crippen molar-refractivity contribution < 1.29 is 0 Å². The van der Waals surface area contributed by atoms with Crippen molar-refractivity contribution in [1.82, 2.24) is 9.97 Å². The molecule has 0 bridgehead atoms. The van der Waals surface area contributed by atoms with E-state index in [1.165, 1.54) is 35.4 Å². The van der Waals surface area contributed by atoms with E-state index in [0.717, 1.165) is 5.82 Å². The van der Waals surface area contributed by atoms with Gasteiger partial charge in [0.1, 0.15) is 5.82 Å². The molecule has 1 heterocycles. The molecule has 1 aromatic heterocycles. The highest BCUT2D eigenvalue weighted by Gasteiger charge is 2.26. The Kier molecular flexibility index (Phi) is 4.76. The summed E-state index contributed by atoms with van der Waals surface area (Å²) in [5.74, 6) is 1.85. The molecule has 2 aromatic rings. The summed E-state index contributed by atoms with van der Waals surface area (Å²) >= 11 is 1.80. The lowest BCUT2D eigenvalue weighted by Gasteiger charge is -2.35. The Hall–Kier alpha value is -1.75. The highest BCUT2D eigenvalue weighted by atomic mass is 32.2. The van der Waals surface area contributed by atoms with E-state index in [1.54, 1.807) is 18.0 Å². The van der Waals surface area contributed by atoms with Gasteiger partial charge in [-0.2, -0.15) is 4.98 Å². The average Bonchev–Trinajstić information content (AvgIpc) is 2.47. The molecule has 2 N–H and O–H groups in total. The number of benzene rings is 1. The van der Waals surface area contributed by atoms with Gasteiger partial charge in [0.05, 0.1) is 0 Å². The van der Waals surface area contributed by atoms with Gasteiger partial charge in [0.2, 0.25) is 5.95 Å². The predicted octanol–water partition coefficient (Wildman–Crippen LogP) is 4.59. The van der Waals surface area contributed by atoms with Crippen molar-refractivity contribution in [2.24, 2.45) is 0 Å². The molecule has 122 valence electrons.